The molecule has 2 heterocycles. The van der Waals surface area contributed by atoms with Crippen LogP contribution in [0.25, 0.3) is 0 Å². The monoisotopic (exact) mass is 392 g/mol. The number of anilines is 4. The van der Waals surface area contributed by atoms with Gasteiger partial charge in [-0.2, -0.15) is 0 Å². The number of aromatic nitrogens is 1. The molecule has 1 saturated heterocycles. The fraction of sp³-hybridized carbons (Fsp3) is 0.182. The Bertz CT molecular complexity index is 951. The highest BCUT2D eigenvalue weighted by molar-refractivity contribution is 6.33. The van der Waals surface area contributed by atoms with E-state index in [0.29, 0.717) is 10.7 Å². The first-order valence-corrected chi connectivity index (χ1v) is 9.71. The van der Waals surface area contributed by atoms with E-state index in [1.165, 1.54) is 18.5 Å². The van der Waals surface area contributed by atoms with E-state index in [-0.39, 0.29) is 5.91 Å². The van der Waals surface area contributed by atoms with Crippen LogP contribution in [0.5, 0.6) is 0 Å². The third-order valence-electron chi connectivity index (χ3n) is 4.75. The van der Waals surface area contributed by atoms with E-state index < -0.39 is 0 Å². The number of hydrogen-bond acceptors (Lipinski definition) is 4. The predicted molar refractivity (Wildman–Crippen MR) is 115 cm³/mol. The highest BCUT2D eigenvalue weighted by Gasteiger charge is 2.13. The predicted octanol–water partition coefficient (Wildman–Crippen LogP) is 5.33. The summed E-state index contributed by atoms with van der Waals surface area (Å²) >= 11 is 6.15. The lowest BCUT2D eigenvalue weighted by Crippen LogP contribution is -2.17. The summed E-state index contributed by atoms with van der Waals surface area (Å²) in [5, 5.41) is 6.71. The Hall–Kier alpha value is -3.05. The second-order valence-corrected chi connectivity index (χ2v) is 7.14. The van der Waals surface area contributed by atoms with E-state index in [0.717, 1.165) is 30.2 Å². The van der Waals surface area contributed by atoms with Gasteiger partial charge in [-0.15, -0.1) is 0 Å². The number of carbonyl (C=O) groups is 1. The van der Waals surface area contributed by atoms with Gasteiger partial charge in [-0.25, -0.2) is 4.98 Å². The molecule has 1 amide bonds. The van der Waals surface area contributed by atoms with Gasteiger partial charge in [0.15, 0.2) is 0 Å². The molecule has 142 valence electrons. The van der Waals surface area contributed by atoms with Gasteiger partial charge in [0.05, 0.1) is 22.6 Å². The van der Waals surface area contributed by atoms with Crippen LogP contribution in [-0.4, -0.2) is 24.0 Å². The van der Waals surface area contributed by atoms with Gasteiger partial charge in [0.1, 0.15) is 5.69 Å². The number of rotatable bonds is 5. The summed E-state index contributed by atoms with van der Waals surface area (Å²) < 4.78 is 0. The Morgan fingerprint density at radius 2 is 1.64 bits per heavy atom. The van der Waals surface area contributed by atoms with Crippen LogP contribution in [0.15, 0.2) is 66.9 Å². The van der Waals surface area contributed by atoms with E-state index in [4.69, 9.17) is 11.6 Å². The molecule has 1 aromatic heterocycles. The van der Waals surface area contributed by atoms with E-state index >= 15 is 0 Å². The van der Waals surface area contributed by atoms with Crippen molar-refractivity contribution < 1.29 is 4.79 Å². The normalized spacial score (nSPS) is 13.4. The Morgan fingerprint density at radius 1 is 0.929 bits per heavy atom. The van der Waals surface area contributed by atoms with E-state index in [1.54, 1.807) is 12.3 Å². The van der Waals surface area contributed by atoms with Gasteiger partial charge in [-0.05, 0) is 61.4 Å². The van der Waals surface area contributed by atoms with Crippen molar-refractivity contribution >= 4 is 40.3 Å². The van der Waals surface area contributed by atoms with E-state index in [9.17, 15) is 4.79 Å². The molecule has 0 aliphatic carbocycles. The maximum absolute atomic E-state index is 12.5. The van der Waals surface area contributed by atoms with Gasteiger partial charge in [-0.1, -0.05) is 23.7 Å². The number of hydrogen-bond donors (Lipinski definition) is 2. The van der Waals surface area contributed by atoms with Gasteiger partial charge in [0.2, 0.25) is 0 Å². The van der Waals surface area contributed by atoms with Crippen LogP contribution in [0.2, 0.25) is 5.02 Å². The maximum atomic E-state index is 12.5. The first-order chi connectivity index (χ1) is 13.7. The maximum Gasteiger partial charge on any atom is 0.274 e. The number of benzene rings is 2. The molecule has 1 aliphatic rings. The van der Waals surface area contributed by atoms with Gasteiger partial charge >= 0.3 is 0 Å². The van der Waals surface area contributed by atoms with Crippen LogP contribution in [-0.2, 0) is 0 Å². The summed E-state index contributed by atoms with van der Waals surface area (Å²) in [6.07, 6.45) is 4.10. The third kappa shape index (κ3) is 4.26. The summed E-state index contributed by atoms with van der Waals surface area (Å²) in [4.78, 5) is 19.1. The average molecular weight is 393 g/mol. The second-order valence-electron chi connectivity index (χ2n) is 6.73. The molecule has 0 atom stereocenters. The van der Waals surface area contributed by atoms with Gasteiger partial charge in [0, 0.05) is 24.5 Å². The number of carbonyl (C=O) groups excluding carboxylic acids is 1. The minimum Gasteiger partial charge on any atom is -0.372 e. The molecule has 28 heavy (non-hydrogen) atoms. The molecule has 4 rings (SSSR count). The molecule has 2 aromatic carbocycles. The van der Waals surface area contributed by atoms with Crippen LogP contribution in [0.1, 0.15) is 23.3 Å². The number of pyridine rings is 1. The third-order valence-corrected chi connectivity index (χ3v) is 5.07. The fourth-order valence-corrected chi connectivity index (χ4v) is 3.43. The summed E-state index contributed by atoms with van der Waals surface area (Å²) in [6, 6.07) is 18.9. The molecule has 0 unspecified atom stereocenters. The van der Waals surface area contributed by atoms with Gasteiger partial charge in [0.25, 0.3) is 5.91 Å². The molecule has 6 heteroatoms. The number of amides is 1. The first kappa shape index (κ1) is 18.3. The molecule has 1 aliphatic heterocycles. The minimum atomic E-state index is -0.238. The summed E-state index contributed by atoms with van der Waals surface area (Å²) in [5.74, 6) is -0.238. The first-order valence-electron chi connectivity index (χ1n) is 9.33. The largest absolute Gasteiger partial charge is 0.372 e. The van der Waals surface area contributed by atoms with Crippen molar-refractivity contribution in [3.05, 3.63) is 77.6 Å². The topological polar surface area (TPSA) is 57.3 Å². The Morgan fingerprint density at radius 3 is 2.32 bits per heavy atom. The molecular formula is C22H21ClN4O. The van der Waals surface area contributed by atoms with E-state index in [1.807, 2.05) is 54.6 Å². The van der Waals surface area contributed by atoms with Crippen molar-refractivity contribution in [1.82, 2.24) is 4.98 Å². The number of nitrogens with one attached hydrogen (secondary N) is 2. The highest BCUT2D eigenvalue weighted by Crippen LogP contribution is 2.25. The van der Waals surface area contributed by atoms with Crippen LogP contribution < -0.4 is 15.5 Å². The molecule has 0 spiro atoms. The minimum absolute atomic E-state index is 0.238. The summed E-state index contributed by atoms with van der Waals surface area (Å²) in [5.41, 5.74) is 3.87. The fourth-order valence-electron chi connectivity index (χ4n) is 3.25. The second kappa shape index (κ2) is 8.31. The smallest absolute Gasteiger partial charge is 0.274 e. The number of halogens is 1. The SMILES string of the molecule is O=C(Nc1ccc(N2CCCC2)cc1)c1ccc(Nc2ccccc2Cl)cn1. The van der Waals surface area contributed by atoms with Crippen molar-refractivity contribution in [2.75, 3.05) is 28.6 Å². The molecule has 0 saturated carbocycles. The van der Waals surface area contributed by atoms with Gasteiger partial charge in [-0.3, -0.25) is 4.79 Å². The van der Waals surface area contributed by atoms with Crippen molar-refractivity contribution in [2.45, 2.75) is 12.8 Å². The molecule has 0 radical (unpaired) electrons. The van der Waals surface area contributed by atoms with Crippen LogP contribution in [0.4, 0.5) is 22.7 Å². The Labute approximate surface area is 169 Å². The van der Waals surface area contributed by atoms with Crippen molar-refractivity contribution in [3.63, 3.8) is 0 Å². The standard InChI is InChI=1S/C22H21ClN4O/c23-19-5-1-2-6-20(19)25-17-9-12-21(24-15-17)22(28)26-16-7-10-18(11-8-16)27-13-3-4-14-27/h1-2,5-12,15,25H,3-4,13-14H2,(H,26,28). The van der Waals surface area contributed by atoms with E-state index in [2.05, 4.69) is 20.5 Å². The molecule has 2 N–H and O–H groups in total. The molecule has 1 fully saturated rings. The molecule has 0 bridgehead atoms. The van der Waals surface area contributed by atoms with Crippen molar-refractivity contribution in [3.8, 4) is 0 Å². The lowest BCUT2D eigenvalue weighted by molar-refractivity contribution is 0.102. The zero-order chi connectivity index (χ0) is 19.3. The quantitative estimate of drug-likeness (QED) is 0.616. The average Bonchev–Trinajstić information content (AvgIpc) is 3.26. The Balaban J connectivity index is 1.38. The van der Waals surface area contributed by atoms with Crippen LogP contribution in [0.3, 0.4) is 0 Å². The van der Waals surface area contributed by atoms with Crippen LogP contribution >= 0.6 is 11.6 Å². The lowest BCUT2D eigenvalue weighted by atomic mass is 10.2. The molecule has 5 nitrogen and oxygen atoms in total. The highest BCUT2D eigenvalue weighted by atomic mass is 35.5. The zero-order valence-electron chi connectivity index (χ0n) is 15.4. The van der Waals surface area contributed by atoms with Gasteiger partial charge < -0.3 is 15.5 Å². The molecule has 3 aromatic rings. The summed E-state index contributed by atoms with van der Waals surface area (Å²) in [7, 11) is 0. The lowest BCUT2D eigenvalue weighted by Gasteiger charge is -2.17. The number of nitrogens with zero attached hydrogens (tertiary/aromatic N) is 2. The van der Waals surface area contributed by atoms with Crippen molar-refractivity contribution in [1.29, 1.82) is 0 Å². The molecular weight excluding hydrogens is 372 g/mol. The zero-order valence-corrected chi connectivity index (χ0v) is 16.1. The van der Waals surface area contributed by atoms with Crippen LogP contribution in [0, 0.1) is 0 Å². The summed E-state index contributed by atoms with van der Waals surface area (Å²) in [6.45, 7) is 2.20. The van der Waals surface area contributed by atoms with Crippen molar-refractivity contribution in [2.24, 2.45) is 0 Å². The Kier molecular flexibility index (Phi) is 5.44. The number of para-hydroxylation sites is 1.